The van der Waals surface area contributed by atoms with Crippen LogP contribution in [0.2, 0.25) is 0 Å². The summed E-state index contributed by atoms with van der Waals surface area (Å²) >= 11 is 0. The van der Waals surface area contributed by atoms with Crippen LogP contribution in [0.15, 0.2) is 23.4 Å². The molecule has 0 radical (unpaired) electrons. The van der Waals surface area contributed by atoms with Crippen molar-refractivity contribution < 1.29 is 9.53 Å². The van der Waals surface area contributed by atoms with E-state index in [4.69, 9.17) is 5.53 Å². The maximum Gasteiger partial charge on any atom is 0.339 e. The van der Waals surface area contributed by atoms with Crippen LogP contribution in [0.25, 0.3) is 10.4 Å². The number of hydrogen-bond donors (Lipinski definition) is 0. The van der Waals surface area contributed by atoms with Gasteiger partial charge in [-0.25, -0.2) is 4.79 Å². The van der Waals surface area contributed by atoms with Gasteiger partial charge in [0.1, 0.15) is 5.82 Å². The van der Waals surface area contributed by atoms with Gasteiger partial charge in [0, 0.05) is 11.1 Å². The fourth-order valence-corrected chi connectivity index (χ4v) is 0.730. The maximum absolute atomic E-state index is 10.9. The molecule has 66 valence electrons. The highest BCUT2D eigenvalue weighted by Crippen LogP contribution is 2.08. The minimum atomic E-state index is -0.472. The van der Waals surface area contributed by atoms with E-state index in [9.17, 15) is 4.79 Å². The second kappa shape index (κ2) is 4.08. The number of nitrogens with zero attached hydrogens (tertiary/aromatic N) is 4. The Bertz CT molecular complexity index is 353. The Hall–Kier alpha value is -2.07. The predicted molar refractivity (Wildman–Crippen MR) is 44.4 cm³/mol. The predicted octanol–water partition coefficient (Wildman–Crippen LogP) is 1.81. The summed E-state index contributed by atoms with van der Waals surface area (Å²) in [5, 5.41) is 3.25. The van der Waals surface area contributed by atoms with Crippen LogP contribution in [0.3, 0.4) is 0 Å². The molecule has 0 atom stereocenters. The third kappa shape index (κ3) is 2.18. The van der Waals surface area contributed by atoms with E-state index in [1.807, 2.05) is 0 Å². The van der Waals surface area contributed by atoms with Crippen molar-refractivity contribution in [1.82, 2.24) is 4.98 Å². The van der Waals surface area contributed by atoms with Gasteiger partial charge in [-0.1, -0.05) is 0 Å². The van der Waals surface area contributed by atoms with Gasteiger partial charge in [0.25, 0.3) is 0 Å². The first-order valence-electron chi connectivity index (χ1n) is 3.37. The zero-order valence-electron chi connectivity index (χ0n) is 6.84. The van der Waals surface area contributed by atoms with Crippen molar-refractivity contribution in [3.05, 3.63) is 34.3 Å². The zero-order valence-corrected chi connectivity index (χ0v) is 6.84. The molecule has 1 rings (SSSR count). The molecule has 0 amide bonds. The number of aromatic nitrogens is 1. The lowest BCUT2D eigenvalue weighted by molar-refractivity contribution is 0.0600. The van der Waals surface area contributed by atoms with E-state index in [-0.39, 0.29) is 5.82 Å². The molecule has 1 aromatic rings. The molecule has 6 heteroatoms. The van der Waals surface area contributed by atoms with Crippen LogP contribution in [0.5, 0.6) is 0 Å². The highest BCUT2D eigenvalue weighted by Gasteiger charge is 2.03. The molecular formula is C7H6N4O2. The Balaban J connectivity index is 2.93. The quantitative estimate of drug-likeness (QED) is 0.299. The summed E-state index contributed by atoms with van der Waals surface area (Å²) < 4.78 is 4.45. The molecule has 0 saturated heterocycles. The number of rotatable bonds is 2. The molecule has 0 fully saturated rings. The molecule has 0 aliphatic heterocycles. The lowest BCUT2D eigenvalue weighted by atomic mass is 10.3. The first-order chi connectivity index (χ1) is 6.27. The van der Waals surface area contributed by atoms with E-state index in [0.717, 1.165) is 0 Å². The van der Waals surface area contributed by atoms with Crippen LogP contribution in [-0.2, 0) is 4.74 Å². The first-order valence-corrected chi connectivity index (χ1v) is 3.37. The molecule has 13 heavy (non-hydrogen) atoms. The number of carbonyl (C=O) groups excluding carboxylic acids is 1. The molecule has 6 nitrogen and oxygen atoms in total. The van der Waals surface area contributed by atoms with Crippen LogP contribution in [0, 0.1) is 0 Å². The van der Waals surface area contributed by atoms with Crippen molar-refractivity contribution in [2.45, 2.75) is 0 Å². The standard InChI is InChI=1S/C7H6N4O2/c1-13-7(12)5-2-3-6(9-4-5)10-11-8/h2-4H,1H3. The summed E-state index contributed by atoms with van der Waals surface area (Å²) in [6.45, 7) is 0. The fraction of sp³-hybridized carbons (Fsp3) is 0.143. The lowest BCUT2D eigenvalue weighted by Crippen LogP contribution is -2.00. The zero-order chi connectivity index (χ0) is 9.68. The molecule has 0 spiro atoms. The van der Waals surface area contributed by atoms with E-state index in [1.54, 1.807) is 0 Å². The highest BCUT2D eigenvalue weighted by molar-refractivity contribution is 5.89. The van der Waals surface area contributed by atoms with Gasteiger partial charge in [0.05, 0.1) is 12.7 Å². The van der Waals surface area contributed by atoms with E-state index < -0.39 is 5.97 Å². The molecule has 0 N–H and O–H groups in total. The van der Waals surface area contributed by atoms with E-state index >= 15 is 0 Å². The van der Waals surface area contributed by atoms with E-state index in [2.05, 4.69) is 19.7 Å². The Labute approximate surface area is 73.8 Å². The van der Waals surface area contributed by atoms with Crippen molar-refractivity contribution in [1.29, 1.82) is 0 Å². The van der Waals surface area contributed by atoms with Gasteiger partial charge in [-0.05, 0) is 22.8 Å². The molecule has 1 heterocycles. The normalized spacial score (nSPS) is 8.69. The Morgan fingerprint density at radius 2 is 2.46 bits per heavy atom. The first kappa shape index (κ1) is 9.02. The second-order valence-corrected chi connectivity index (χ2v) is 2.09. The number of methoxy groups -OCH3 is 1. The topological polar surface area (TPSA) is 88.0 Å². The number of esters is 1. The lowest BCUT2D eigenvalue weighted by Gasteiger charge is -1.97. The number of ether oxygens (including phenoxy) is 1. The summed E-state index contributed by atoms with van der Waals surface area (Å²) in [5.74, 6) is -0.254. The molecule has 0 aromatic carbocycles. The molecule has 0 bridgehead atoms. The minimum Gasteiger partial charge on any atom is -0.465 e. The Morgan fingerprint density at radius 1 is 1.69 bits per heavy atom. The van der Waals surface area contributed by atoms with Crippen molar-refractivity contribution in [3.63, 3.8) is 0 Å². The number of azide groups is 1. The SMILES string of the molecule is COC(=O)c1ccc(N=[N+]=[N-])nc1. The van der Waals surface area contributed by atoms with Crippen LogP contribution in [0.1, 0.15) is 10.4 Å². The van der Waals surface area contributed by atoms with Crippen molar-refractivity contribution >= 4 is 11.8 Å². The Morgan fingerprint density at radius 3 is 2.92 bits per heavy atom. The molecule has 1 aromatic heterocycles. The third-order valence-corrected chi connectivity index (χ3v) is 1.32. The van der Waals surface area contributed by atoms with Gasteiger partial charge < -0.3 is 4.74 Å². The van der Waals surface area contributed by atoms with Gasteiger partial charge in [0.15, 0.2) is 0 Å². The van der Waals surface area contributed by atoms with Gasteiger partial charge >= 0.3 is 5.97 Å². The summed E-state index contributed by atoms with van der Waals surface area (Å²) in [6.07, 6.45) is 1.29. The smallest absolute Gasteiger partial charge is 0.339 e. The average Bonchev–Trinajstić information content (AvgIpc) is 2.18. The Kier molecular flexibility index (Phi) is 2.83. The van der Waals surface area contributed by atoms with Gasteiger partial charge in [-0.15, -0.1) is 0 Å². The third-order valence-electron chi connectivity index (χ3n) is 1.32. The van der Waals surface area contributed by atoms with Crippen molar-refractivity contribution in [3.8, 4) is 0 Å². The van der Waals surface area contributed by atoms with E-state index in [1.165, 1.54) is 25.4 Å². The van der Waals surface area contributed by atoms with Crippen molar-refractivity contribution in [2.24, 2.45) is 5.11 Å². The number of hydrogen-bond acceptors (Lipinski definition) is 4. The maximum atomic E-state index is 10.9. The van der Waals surface area contributed by atoms with Crippen LogP contribution >= 0.6 is 0 Å². The molecular weight excluding hydrogens is 172 g/mol. The number of carbonyl (C=O) groups is 1. The minimum absolute atomic E-state index is 0.218. The van der Waals surface area contributed by atoms with Gasteiger partial charge in [-0.3, -0.25) is 4.98 Å². The van der Waals surface area contributed by atoms with Crippen LogP contribution < -0.4 is 0 Å². The summed E-state index contributed by atoms with van der Waals surface area (Å²) in [7, 11) is 1.28. The van der Waals surface area contributed by atoms with Crippen LogP contribution in [-0.4, -0.2) is 18.1 Å². The summed E-state index contributed by atoms with van der Waals surface area (Å²) in [5.41, 5.74) is 8.39. The average molecular weight is 178 g/mol. The number of pyridine rings is 1. The van der Waals surface area contributed by atoms with E-state index in [0.29, 0.717) is 5.56 Å². The van der Waals surface area contributed by atoms with Crippen LogP contribution in [0.4, 0.5) is 5.82 Å². The molecule has 0 aliphatic rings. The monoisotopic (exact) mass is 178 g/mol. The molecule has 0 saturated carbocycles. The summed E-state index contributed by atoms with van der Waals surface area (Å²) in [4.78, 5) is 17.2. The van der Waals surface area contributed by atoms with Crippen molar-refractivity contribution in [2.75, 3.05) is 7.11 Å². The van der Waals surface area contributed by atoms with Gasteiger partial charge in [-0.2, -0.15) is 0 Å². The molecule has 0 unspecified atom stereocenters. The summed E-state index contributed by atoms with van der Waals surface area (Å²) in [6, 6.07) is 2.91. The second-order valence-electron chi connectivity index (χ2n) is 2.09. The highest BCUT2D eigenvalue weighted by atomic mass is 16.5. The largest absolute Gasteiger partial charge is 0.465 e. The molecule has 0 aliphatic carbocycles. The fourth-order valence-electron chi connectivity index (χ4n) is 0.730. The van der Waals surface area contributed by atoms with Gasteiger partial charge in [0.2, 0.25) is 0 Å².